The summed E-state index contributed by atoms with van der Waals surface area (Å²) >= 11 is 0. The van der Waals surface area contributed by atoms with E-state index in [2.05, 4.69) is 28.7 Å². The maximum Gasteiger partial charge on any atom is 0.158 e. The Morgan fingerprint density at radius 1 is 1.37 bits per heavy atom. The van der Waals surface area contributed by atoms with Crippen LogP contribution in [0.1, 0.15) is 38.9 Å². The van der Waals surface area contributed by atoms with Gasteiger partial charge in [0.15, 0.2) is 5.82 Å². The van der Waals surface area contributed by atoms with E-state index in [0.29, 0.717) is 23.7 Å². The van der Waals surface area contributed by atoms with Crippen LogP contribution in [0.15, 0.2) is 6.07 Å². The van der Waals surface area contributed by atoms with E-state index < -0.39 is 0 Å². The molecule has 0 amide bonds. The first-order chi connectivity index (χ1) is 9.06. The number of hydrogen-bond acceptors (Lipinski definition) is 5. The average Bonchev–Trinajstić information content (AvgIpc) is 2.39. The second-order valence-corrected chi connectivity index (χ2v) is 5.65. The van der Waals surface area contributed by atoms with E-state index in [-0.39, 0.29) is 0 Å². The highest BCUT2D eigenvalue weighted by Crippen LogP contribution is 2.35. The molecule has 1 aliphatic heterocycles. The molecule has 0 spiro atoms. The van der Waals surface area contributed by atoms with Gasteiger partial charge in [-0.3, -0.25) is 0 Å². The van der Waals surface area contributed by atoms with Gasteiger partial charge < -0.3 is 15.4 Å². The summed E-state index contributed by atoms with van der Waals surface area (Å²) in [5.41, 5.74) is 6.32. The minimum atomic E-state index is 0.401. The lowest BCUT2D eigenvalue weighted by Gasteiger charge is -2.39. The minimum Gasteiger partial charge on any atom is -0.384 e. The third kappa shape index (κ3) is 3.35. The first kappa shape index (κ1) is 14.1. The van der Waals surface area contributed by atoms with Crippen molar-refractivity contribution in [1.82, 2.24) is 9.97 Å². The molecule has 19 heavy (non-hydrogen) atoms. The molecule has 0 saturated carbocycles. The van der Waals surface area contributed by atoms with Crippen molar-refractivity contribution in [1.29, 1.82) is 0 Å². The highest BCUT2D eigenvalue weighted by atomic mass is 16.5. The second-order valence-electron chi connectivity index (χ2n) is 5.65. The zero-order valence-electron chi connectivity index (χ0n) is 12.1. The van der Waals surface area contributed by atoms with Gasteiger partial charge in [0.05, 0.1) is 0 Å². The number of nitrogens with zero attached hydrogens (tertiary/aromatic N) is 3. The molecule has 0 aliphatic carbocycles. The number of nitrogens with two attached hydrogens (primary N) is 1. The summed E-state index contributed by atoms with van der Waals surface area (Å²) in [4.78, 5) is 11.0. The average molecular weight is 264 g/mol. The molecule has 5 heteroatoms. The van der Waals surface area contributed by atoms with Crippen molar-refractivity contribution < 1.29 is 4.74 Å². The number of methoxy groups -OCH3 is 1. The van der Waals surface area contributed by atoms with Crippen LogP contribution < -0.4 is 10.6 Å². The normalized spacial score (nSPS) is 18.6. The maximum absolute atomic E-state index is 5.84. The van der Waals surface area contributed by atoms with Gasteiger partial charge in [-0.1, -0.05) is 20.3 Å². The van der Waals surface area contributed by atoms with Crippen LogP contribution in [0.25, 0.3) is 0 Å². The van der Waals surface area contributed by atoms with Gasteiger partial charge in [-0.2, -0.15) is 0 Å². The lowest BCUT2D eigenvalue weighted by Crippen LogP contribution is -2.39. The number of hydrogen-bond donors (Lipinski definition) is 1. The highest BCUT2D eigenvalue weighted by Gasteiger charge is 2.28. The van der Waals surface area contributed by atoms with Crippen LogP contribution >= 0.6 is 0 Å². The van der Waals surface area contributed by atoms with E-state index in [1.807, 2.05) is 6.07 Å². The summed E-state index contributed by atoms with van der Waals surface area (Å²) in [6, 6.07) is 1.85. The fourth-order valence-electron chi connectivity index (χ4n) is 2.49. The Hall–Kier alpha value is -1.36. The van der Waals surface area contributed by atoms with E-state index in [9.17, 15) is 0 Å². The molecular formula is C14H24N4O. The number of nitrogen functional groups attached to an aromatic ring is 1. The second kappa shape index (κ2) is 5.74. The summed E-state index contributed by atoms with van der Waals surface area (Å²) in [7, 11) is 1.64. The van der Waals surface area contributed by atoms with Crippen LogP contribution in [0.2, 0.25) is 0 Å². The van der Waals surface area contributed by atoms with Crippen LogP contribution in [0.4, 0.5) is 11.6 Å². The molecule has 0 radical (unpaired) electrons. The Labute approximate surface area is 115 Å². The van der Waals surface area contributed by atoms with Gasteiger partial charge in [0.1, 0.15) is 18.2 Å². The maximum atomic E-state index is 5.84. The molecule has 2 N–H and O–H groups in total. The summed E-state index contributed by atoms with van der Waals surface area (Å²) in [6.45, 7) is 7.11. The van der Waals surface area contributed by atoms with E-state index in [4.69, 9.17) is 10.5 Å². The Morgan fingerprint density at radius 3 is 2.63 bits per heavy atom. The zero-order chi connectivity index (χ0) is 13.9. The molecule has 2 heterocycles. The molecule has 2 rings (SSSR count). The van der Waals surface area contributed by atoms with Crippen LogP contribution in [0, 0.1) is 5.41 Å². The molecule has 1 saturated heterocycles. The number of aromatic nitrogens is 2. The summed E-state index contributed by atoms with van der Waals surface area (Å²) in [5.74, 6) is 2.10. The number of ether oxygens (including phenoxy) is 1. The van der Waals surface area contributed by atoms with E-state index in [0.717, 1.165) is 18.9 Å². The monoisotopic (exact) mass is 264 g/mol. The molecule has 0 aromatic carbocycles. The topological polar surface area (TPSA) is 64.3 Å². The van der Waals surface area contributed by atoms with Gasteiger partial charge in [0, 0.05) is 26.3 Å². The Bertz CT molecular complexity index is 427. The lowest BCUT2D eigenvalue weighted by molar-refractivity contribution is 0.178. The van der Waals surface area contributed by atoms with E-state index >= 15 is 0 Å². The molecular weight excluding hydrogens is 240 g/mol. The Kier molecular flexibility index (Phi) is 4.24. The van der Waals surface area contributed by atoms with Crippen molar-refractivity contribution in [2.24, 2.45) is 5.41 Å². The van der Waals surface area contributed by atoms with Gasteiger partial charge in [-0.15, -0.1) is 0 Å². The van der Waals surface area contributed by atoms with Crippen molar-refractivity contribution >= 4 is 11.6 Å². The van der Waals surface area contributed by atoms with Gasteiger partial charge in [0.2, 0.25) is 0 Å². The number of piperidine rings is 1. The van der Waals surface area contributed by atoms with Gasteiger partial charge in [0.25, 0.3) is 0 Å². The predicted octanol–water partition coefficient (Wildman–Crippen LogP) is 2.22. The first-order valence-corrected chi connectivity index (χ1v) is 6.93. The van der Waals surface area contributed by atoms with Crippen molar-refractivity contribution in [3.8, 4) is 0 Å². The summed E-state index contributed by atoms with van der Waals surface area (Å²) in [5, 5.41) is 0. The molecule has 0 atom stereocenters. The van der Waals surface area contributed by atoms with Crippen molar-refractivity contribution in [3.63, 3.8) is 0 Å². The largest absolute Gasteiger partial charge is 0.384 e. The first-order valence-electron chi connectivity index (χ1n) is 6.93. The number of rotatable bonds is 4. The molecule has 1 aromatic heterocycles. The third-order valence-electron chi connectivity index (χ3n) is 4.20. The quantitative estimate of drug-likeness (QED) is 0.903. The van der Waals surface area contributed by atoms with Crippen molar-refractivity contribution in [2.45, 2.75) is 39.7 Å². The van der Waals surface area contributed by atoms with E-state index in [1.54, 1.807) is 7.11 Å². The van der Waals surface area contributed by atoms with Crippen molar-refractivity contribution in [3.05, 3.63) is 11.9 Å². The van der Waals surface area contributed by atoms with Gasteiger partial charge >= 0.3 is 0 Å². The Balaban J connectivity index is 2.10. The third-order valence-corrected chi connectivity index (χ3v) is 4.20. The molecule has 1 aliphatic rings. The van der Waals surface area contributed by atoms with Crippen LogP contribution in [-0.2, 0) is 11.3 Å². The summed E-state index contributed by atoms with van der Waals surface area (Å²) < 4.78 is 5.08. The zero-order valence-corrected chi connectivity index (χ0v) is 12.1. The fraction of sp³-hybridized carbons (Fsp3) is 0.714. The van der Waals surface area contributed by atoms with Gasteiger partial charge in [-0.25, -0.2) is 9.97 Å². The molecule has 0 unspecified atom stereocenters. The van der Waals surface area contributed by atoms with Gasteiger partial charge in [-0.05, 0) is 18.3 Å². The van der Waals surface area contributed by atoms with Crippen molar-refractivity contribution in [2.75, 3.05) is 30.8 Å². The highest BCUT2D eigenvalue weighted by molar-refractivity contribution is 5.47. The predicted molar refractivity (Wildman–Crippen MR) is 77.0 cm³/mol. The van der Waals surface area contributed by atoms with E-state index in [1.165, 1.54) is 19.3 Å². The Morgan fingerprint density at radius 2 is 2.05 bits per heavy atom. The molecule has 5 nitrogen and oxygen atoms in total. The fourth-order valence-corrected chi connectivity index (χ4v) is 2.49. The molecule has 1 fully saturated rings. The summed E-state index contributed by atoms with van der Waals surface area (Å²) in [6.07, 6.45) is 3.64. The lowest BCUT2D eigenvalue weighted by atomic mass is 9.78. The van der Waals surface area contributed by atoms with Crippen LogP contribution in [0.5, 0.6) is 0 Å². The van der Waals surface area contributed by atoms with Crippen LogP contribution in [-0.4, -0.2) is 30.2 Å². The number of anilines is 2. The minimum absolute atomic E-state index is 0.401. The smallest absolute Gasteiger partial charge is 0.158 e. The SMILES string of the molecule is CCC1(C)CCN(c2cc(N)nc(COC)n2)CC1. The standard InChI is InChI=1S/C14H24N4O/c1-4-14(2)5-7-18(8-6-14)13-9-11(15)16-12(17-13)10-19-3/h9H,4-8,10H2,1-3H3,(H2,15,16,17). The molecule has 1 aromatic rings. The molecule has 0 bridgehead atoms. The molecule has 106 valence electrons. The van der Waals surface area contributed by atoms with Crippen LogP contribution in [0.3, 0.4) is 0 Å².